The van der Waals surface area contributed by atoms with Crippen LogP contribution < -0.4 is 0 Å². The zero-order valence-corrected chi connectivity index (χ0v) is 12.4. The number of nitrogens with zero attached hydrogens (tertiary/aromatic N) is 4. The number of hydrogen-bond acceptors (Lipinski definition) is 3. The lowest BCUT2D eigenvalue weighted by Crippen LogP contribution is -2.47. The van der Waals surface area contributed by atoms with Crippen molar-refractivity contribution in [2.45, 2.75) is 57.5 Å². The average molecular weight is 286 g/mol. The van der Waals surface area contributed by atoms with E-state index in [0.29, 0.717) is 0 Å². The van der Waals surface area contributed by atoms with Gasteiger partial charge in [-0.25, -0.2) is 0 Å². The monoisotopic (exact) mass is 286 g/mol. The van der Waals surface area contributed by atoms with Crippen LogP contribution in [0.5, 0.6) is 0 Å². The van der Waals surface area contributed by atoms with Crippen molar-refractivity contribution in [1.82, 2.24) is 14.7 Å². The Labute approximate surface area is 125 Å². The van der Waals surface area contributed by atoms with Crippen molar-refractivity contribution in [2.24, 2.45) is 5.41 Å². The summed E-state index contributed by atoms with van der Waals surface area (Å²) in [5.74, 6) is 0.0688. The van der Waals surface area contributed by atoms with Gasteiger partial charge in [-0.1, -0.05) is 19.3 Å². The van der Waals surface area contributed by atoms with Crippen molar-refractivity contribution in [3.8, 4) is 6.07 Å². The number of aromatic nitrogens is 2. The molecule has 21 heavy (non-hydrogen) atoms. The Morgan fingerprint density at radius 3 is 2.81 bits per heavy atom. The molecule has 0 aromatic carbocycles. The lowest BCUT2D eigenvalue weighted by atomic mass is 9.74. The van der Waals surface area contributed by atoms with E-state index >= 15 is 0 Å². The van der Waals surface area contributed by atoms with Gasteiger partial charge >= 0.3 is 0 Å². The number of hydrogen-bond donors (Lipinski definition) is 0. The summed E-state index contributed by atoms with van der Waals surface area (Å²) < 4.78 is 1.89. The molecule has 1 aromatic rings. The maximum absolute atomic E-state index is 13.0. The third-order valence-electron chi connectivity index (χ3n) is 4.93. The Morgan fingerprint density at radius 1 is 1.33 bits per heavy atom. The topological polar surface area (TPSA) is 61.9 Å². The third-order valence-corrected chi connectivity index (χ3v) is 4.93. The first-order valence-corrected chi connectivity index (χ1v) is 7.95. The van der Waals surface area contributed by atoms with Gasteiger partial charge < -0.3 is 4.90 Å². The van der Waals surface area contributed by atoms with Crippen molar-refractivity contribution in [3.05, 3.63) is 18.5 Å². The fourth-order valence-corrected chi connectivity index (χ4v) is 3.72. The minimum Gasteiger partial charge on any atom is -0.336 e. The van der Waals surface area contributed by atoms with Gasteiger partial charge in [-0.05, 0) is 31.7 Å². The van der Waals surface area contributed by atoms with Gasteiger partial charge in [0, 0.05) is 18.9 Å². The van der Waals surface area contributed by atoms with Gasteiger partial charge in [0.2, 0.25) is 5.91 Å². The third kappa shape index (κ3) is 2.67. The normalized spacial score (nSPS) is 24.7. The van der Waals surface area contributed by atoms with Gasteiger partial charge in [0.05, 0.1) is 18.7 Å². The number of amides is 1. The molecule has 5 nitrogen and oxygen atoms in total. The molecule has 0 N–H and O–H groups in total. The molecule has 1 aliphatic heterocycles. The molecule has 2 aliphatic rings. The number of carbonyl (C=O) groups excluding carboxylic acids is 1. The van der Waals surface area contributed by atoms with Crippen LogP contribution in [0, 0.1) is 16.7 Å². The summed E-state index contributed by atoms with van der Waals surface area (Å²) in [6, 6.07) is 4.45. The molecule has 3 rings (SSSR count). The number of carbonyl (C=O) groups is 1. The second-order valence-electron chi connectivity index (χ2n) is 6.28. The standard InChI is InChI=1S/C16H22N4O/c17-13-16(7-2-1-3-8-16)15(21)20-11-4-6-14(20)12-19-10-5-9-18-19/h5,9-10,14H,1-4,6-8,11-12H2/t14-/m1/s1. The van der Waals surface area contributed by atoms with Crippen LogP contribution in [-0.2, 0) is 11.3 Å². The molecule has 112 valence electrons. The Morgan fingerprint density at radius 2 is 2.14 bits per heavy atom. The average Bonchev–Trinajstić information content (AvgIpc) is 3.19. The van der Waals surface area contributed by atoms with Crippen LogP contribution in [0.4, 0.5) is 0 Å². The van der Waals surface area contributed by atoms with E-state index in [2.05, 4.69) is 11.2 Å². The summed E-state index contributed by atoms with van der Waals surface area (Å²) in [6.45, 7) is 1.52. The fraction of sp³-hybridized carbons (Fsp3) is 0.688. The molecule has 0 radical (unpaired) electrons. The van der Waals surface area contributed by atoms with Crippen molar-refractivity contribution < 1.29 is 4.79 Å². The summed E-state index contributed by atoms with van der Waals surface area (Å²) in [5.41, 5.74) is -0.759. The molecule has 1 aliphatic carbocycles. The quantitative estimate of drug-likeness (QED) is 0.857. The Hall–Kier alpha value is -1.83. The van der Waals surface area contributed by atoms with E-state index in [1.165, 1.54) is 0 Å². The van der Waals surface area contributed by atoms with Crippen LogP contribution in [0.3, 0.4) is 0 Å². The van der Waals surface area contributed by atoms with E-state index in [1.807, 2.05) is 21.8 Å². The second kappa shape index (κ2) is 5.88. The molecule has 1 aromatic heterocycles. The Bertz CT molecular complexity index is 525. The first-order chi connectivity index (χ1) is 10.2. The molecular formula is C16H22N4O. The molecule has 1 saturated heterocycles. The largest absolute Gasteiger partial charge is 0.336 e. The van der Waals surface area contributed by atoms with Crippen LogP contribution in [0.15, 0.2) is 18.5 Å². The van der Waals surface area contributed by atoms with E-state index in [-0.39, 0.29) is 11.9 Å². The number of nitriles is 1. The van der Waals surface area contributed by atoms with Gasteiger partial charge in [0.15, 0.2) is 0 Å². The summed E-state index contributed by atoms with van der Waals surface area (Å²) in [7, 11) is 0. The molecule has 2 fully saturated rings. The van der Waals surface area contributed by atoms with Crippen LogP contribution in [-0.4, -0.2) is 33.2 Å². The predicted octanol–water partition coefficient (Wildman–Crippen LogP) is 2.35. The maximum atomic E-state index is 13.0. The molecule has 1 amide bonds. The Kier molecular flexibility index (Phi) is 3.96. The van der Waals surface area contributed by atoms with Crippen LogP contribution in [0.25, 0.3) is 0 Å². The fourth-order valence-electron chi connectivity index (χ4n) is 3.72. The van der Waals surface area contributed by atoms with Crippen LogP contribution in [0.2, 0.25) is 0 Å². The van der Waals surface area contributed by atoms with Gasteiger partial charge in [-0.15, -0.1) is 0 Å². The summed E-state index contributed by atoms with van der Waals surface area (Å²) in [6.07, 6.45) is 10.3. The highest BCUT2D eigenvalue weighted by Gasteiger charge is 2.45. The van der Waals surface area contributed by atoms with E-state index in [9.17, 15) is 10.1 Å². The van der Waals surface area contributed by atoms with Gasteiger partial charge in [0.1, 0.15) is 5.41 Å². The second-order valence-corrected chi connectivity index (χ2v) is 6.28. The zero-order valence-electron chi connectivity index (χ0n) is 12.4. The zero-order chi connectivity index (χ0) is 14.7. The highest BCUT2D eigenvalue weighted by Crippen LogP contribution is 2.39. The first-order valence-electron chi connectivity index (χ1n) is 7.95. The molecule has 1 atom stereocenters. The highest BCUT2D eigenvalue weighted by molar-refractivity contribution is 5.86. The smallest absolute Gasteiger partial charge is 0.243 e. The lowest BCUT2D eigenvalue weighted by molar-refractivity contribution is -0.141. The molecule has 1 saturated carbocycles. The molecule has 0 spiro atoms. The molecule has 0 unspecified atom stereocenters. The van der Waals surface area contributed by atoms with Crippen LogP contribution >= 0.6 is 0 Å². The van der Waals surface area contributed by atoms with Crippen molar-refractivity contribution >= 4 is 5.91 Å². The highest BCUT2D eigenvalue weighted by atomic mass is 16.2. The predicted molar refractivity (Wildman–Crippen MR) is 78.1 cm³/mol. The number of likely N-dealkylation sites (tertiary alicyclic amines) is 1. The molecule has 2 heterocycles. The van der Waals surface area contributed by atoms with Gasteiger partial charge in [-0.3, -0.25) is 9.48 Å². The van der Waals surface area contributed by atoms with Gasteiger partial charge in [0.25, 0.3) is 0 Å². The summed E-state index contributed by atoms with van der Waals surface area (Å²) in [5, 5.41) is 13.8. The molecular weight excluding hydrogens is 264 g/mol. The molecule has 0 bridgehead atoms. The van der Waals surface area contributed by atoms with Crippen molar-refractivity contribution in [3.63, 3.8) is 0 Å². The first kappa shape index (κ1) is 14.1. The summed E-state index contributed by atoms with van der Waals surface area (Å²) in [4.78, 5) is 14.9. The number of rotatable bonds is 3. The van der Waals surface area contributed by atoms with Gasteiger partial charge in [-0.2, -0.15) is 10.4 Å². The molecule has 5 heteroatoms. The van der Waals surface area contributed by atoms with E-state index in [4.69, 9.17) is 0 Å². The van der Waals surface area contributed by atoms with E-state index < -0.39 is 5.41 Å². The van der Waals surface area contributed by atoms with Crippen LogP contribution in [0.1, 0.15) is 44.9 Å². The SMILES string of the molecule is N#CC1(C(=O)N2CCC[C@@H]2Cn2cccn2)CCCCC1. The summed E-state index contributed by atoms with van der Waals surface area (Å²) >= 11 is 0. The lowest BCUT2D eigenvalue weighted by Gasteiger charge is -2.35. The minimum absolute atomic E-state index is 0.0688. The minimum atomic E-state index is -0.759. The van der Waals surface area contributed by atoms with E-state index in [1.54, 1.807) is 6.20 Å². The maximum Gasteiger partial charge on any atom is 0.243 e. The van der Waals surface area contributed by atoms with Crippen molar-refractivity contribution in [2.75, 3.05) is 6.54 Å². The van der Waals surface area contributed by atoms with E-state index in [0.717, 1.165) is 58.0 Å². The van der Waals surface area contributed by atoms with Crippen molar-refractivity contribution in [1.29, 1.82) is 5.26 Å². The Balaban J connectivity index is 1.74.